The molecule has 1 saturated heterocycles. The molecule has 1 aliphatic rings. The predicted octanol–water partition coefficient (Wildman–Crippen LogP) is 3.96. The molecule has 0 saturated carbocycles. The molecule has 0 atom stereocenters. The zero-order valence-electron chi connectivity index (χ0n) is 17.0. The summed E-state index contributed by atoms with van der Waals surface area (Å²) in [6.45, 7) is 3.19. The van der Waals surface area contributed by atoms with Crippen LogP contribution in [0.1, 0.15) is 17.3 Å². The molecular weight excluding hydrogens is 421 g/mol. The lowest BCUT2D eigenvalue weighted by Gasteiger charge is -2.36. The van der Waals surface area contributed by atoms with Crippen molar-refractivity contribution in [1.82, 2.24) is 9.88 Å². The third-order valence-electron chi connectivity index (χ3n) is 5.36. The molecule has 2 aromatic carbocycles. The Kier molecular flexibility index (Phi) is 6.04. The first-order chi connectivity index (χ1) is 14.9. The van der Waals surface area contributed by atoms with Crippen LogP contribution in [-0.4, -0.2) is 54.4 Å². The zero-order valence-corrected chi connectivity index (χ0v) is 17.7. The van der Waals surface area contributed by atoms with E-state index >= 15 is 0 Å². The van der Waals surface area contributed by atoms with Gasteiger partial charge in [0.15, 0.2) is 12.4 Å². The molecule has 6 nitrogen and oxygen atoms in total. The number of anilines is 1. The summed E-state index contributed by atoms with van der Waals surface area (Å²) in [5, 5.41) is 1.34. The molecule has 0 unspecified atom stereocenters. The van der Waals surface area contributed by atoms with Crippen molar-refractivity contribution in [3.8, 4) is 5.75 Å². The van der Waals surface area contributed by atoms with Gasteiger partial charge in [0.05, 0.1) is 10.7 Å². The molecule has 0 bridgehead atoms. The van der Waals surface area contributed by atoms with E-state index in [-0.39, 0.29) is 18.3 Å². The first-order valence-electron chi connectivity index (χ1n) is 9.93. The number of nitrogens with zero attached hydrogens (tertiary/aromatic N) is 3. The number of aromatic nitrogens is 1. The summed E-state index contributed by atoms with van der Waals surface area (Å²) in [4.78, 5) is 31.9. The average molecular weight is 442 g/mol. The van der Waals surface area contributed by atoms with Gasteiger partial charge in [-0.3, -0.25) is 14.6 Å². The molecule has 0 spiro atoms. The minimum atomic E-state index is -0.432. The van der Waals surface area contributed by atoms with Gasteiger partial charge < -0.3 is 14.5 Å². The fraction of sp³-hybridized carbons (Fsp3) is 0.261. The van der Waals surface area contributed by atoms with Crippen LogP contribution in [0.25, 0.3) is 10.9 Å². The van der Waals surface area contributed by atoms with Crippen molar-refractivity contribution in [2.45, 2.75) is 6.92 Å². The number of halogens is 2. The van der Waals surface area contributed by atoms with Gasteiger partial charge in [-0.2, -0.15) is 0 Å². The smallest absolute Gasteiger partial charge is 0.260 e. The highest BCUT2D eigenvalue weighted by Crippen LogP contribution is 2.29. The summed E-state index contributed by atoms with van der Waals surface area (Å²) >= 11 is 6.19. The van der Waals surface area contributed by atoms with E-state index in [2.05, 4.69) is 4.98 Å². The van der Waals surface area contributed by atoms with Crippen LogP contribution in [-0.2, 0) is 4.79 Å². The summed E-state index contributed by atoms with van der Waals surface area (Å²) in [6, 6.07) is 11.6. The topological polar surface area (TPSA) is 62.7 Å². The van der Waals surface area contributed by atoms with Crippen molar-refractivity contribution in [2.75, 3.05) is 37.7 Å². The van der Waals surface area contributed by atoms with Gasteiger partial charge in [0.25, 0.3) is 5.91 Å². The third-order valence-corrected chi connectivity index (χ3v) is 5.69. The fourth-order valence-electron chi connectivity index (χ4n) is 3.64. The molecule has 0 N–H and O–H groups in total. The maximum Gasteiger partial charge on any atom is 0.260 e. The van der Waals surface area contributed by atoms with Crippen molar-refractivity contribution < 1.29 is 18.7 Å². The van der Waals surface area contributed by atoms with E-state index in [0.29, 0.717) is 53.7 Å². The Morgan fingerprint density at radius 1 is 1.13 bits per heavy atom. The first-order valence-corrected chi connectivity index (χ1v) is 10.3. The van der Waals surface area contributed by atoms with Gasteiger partial charge in [0.2, 0.25) is 0 Å². The normalized spacial score (nSPS) is 14.0. The number of Topliss-reactive ketones (excluding diaryl/α,β-unsaturated/α-hetero) is 1. The van der Waals surface area contributed by atoms with E-state index in [1.807, 2.05) is 11.0 Å². The van der Waals surface area contributed by atoms with Crippen LogP contribution in [0.15, 0.2) is 48.7 Å². The number of hydrogen-bond donors (Lipinski definition) is 0. The lowest BCUT2D eigenvalue weighted by molar-refractivity contribution is -0.133. The van der Waals surface area contributed by atoms with E-state index < -0.39 is 5.82 Å². The number of fused-ring (bicyclic) bond motifs is 1. The van der Waals surface area contributed by atoms with Gasteiger partial charge >= 0.3 is 0 Å². The summed E-state index contributed by atoms with van der Waals surface area (Å²) in [5.41, 5.74) is 1.39. The molecule has 1 amide bonds. The summed E-state index contributed by atoms with van der Waals surface area (Å²) in [6.07, 6.45) is 1.65. The first kappa shape index (κ1) is 21.1. The van der Waals surface area contributed by atoms with Gasteiger partial charge in [-0.1, -0.05) is 11.6 Å². The van der Waals surface area contributed by atoms with Crippen LogP contribution in [0.2, 0.25) is 5.02 Å². The molecule has 160 valence electrons. The van der Waals surface area contributed by atoms with Gasteiger partial charge in [-0.15, -0.1) is 0 Å². The van der Waals surface area contributed by atoms with Crippen molar-refractivity contribution in [3.63, 3.8) is 0 Å². The third kappa shape index (κ3) is 4.46. The molecule has 1 fully saturated rings. The molecule has 8 heteroatoms. The van der Waals surface area contributed by atoms with Gasteiger partial charge in [0, 0.05) is 43.3 Å². The molecule has 2 heterocycles. The summed E-state index contributed by atoms with van der Waals surface area (Å²) < 4.78 is 20.1. The van der Waals surface area contributed by atoms with Crippen LogP contribution in [0.4, 0.5) is 10.1 Å². The highest BCUT2D eigenvalue weighted by atomic mass is 35.5. The highest BCUT2D eigenvalue weighted by molar-refractivity contribution is 6.35. The fourth-order valence-corrected chi connectivity index (χ4v) is 3.85. The van der Waals surface area contributed by atoms with Gasteiger partial charge in [0.1, 0.15) is 17.1 Å². The molecule has 4 rings (SSSR count). The van der Waals surface area contributed by atoms with Gasteiger partial charge in [-0.25, -0.2) is 4.39 Å². The number of benzene rings is 2. The van der Waals surface area contributed by atoms with Crippen LogP contribution in [0.5, 0.6) is 5.75 Å². The Hall–Kier alpha value is -3.19. The molecule has 1 aromatic heterocycles. The van der Waals surface area contributed by atoms with Crippen LogP contribution in [0, 0.1) is 5.82 Å². The van der Waals surface area contributed by atoms with Crippen LogP contribution < -0.4 is 9.64 Å². The molecule has 1 aliphatic heterocycles. The van der Waals surface area contributed by atoms with E-state index in [1.165, 1.54) is 13.0 Å². The Bertz CT molecular complexity index is 1150. The quantitative estimate of drug-likeness (QED) is 0.561. The number of pyridine rings is 1. The van der Waals surface area contributed by atoms with E-state index in [0.717, 1.165) is 5.39 Å². The number of ketones is 1. The maximum atomic E-state index is 14.4. The number of piperazine rings is 1. The number of ether oxygens (including phenoxy) is 1. The molecule has 3 aromatic rings. The van der Waals surface area contributed by atoms with Crippen molar-refractivity contribution in [1.29, 1.82) is 0 Å². The second-order valence-electron chi connectivity index (χ2n) is 7.32. The minimum Gasteiger partial charge on any atom is -0.481 e. The number of rotatable bonds is 5. The lowest BCUT2D eigenvalue weighted by Crippen LogP contribution is -2.50. The Morgan fingerprint density at radius 2 is 1.90 bits per heavy atom. The monoisotopic (exact) mass is 441 g/mol. The number of carbonyl (C=O) groups excluding carboxylic acids is 2. The number of carbonyl (C=O) groups is 2. The predicted molar refractivity (Wildman–Crippen MR) is 117 cm³/mol. The SMILES string of the molecule is CC(=O)c1ccc(N2CCN(C(=O)COc3ccc(Cl)c4cccnc34)CC2)c(F)c1. The Balaban J connectivity index is 1.36. The average Bonchev–Trinajstić information content (AvgIpc) is 2.78. The minimum absolute atomic E-state index is 0.116. The standard InChI is InChI=1S/C23H21ClFN3O3/c1-15(29)16-4-6-20(19(25)13-16)27-9-11-28(12-10-27)22(30)14-31-21-7-5-18(24)17-3-2-8-26-23(17)21/h2-8,13H,9-12,14H2,1H3. The maximum absolute atomic E-state index is 14.4. The number of hydrogen-bond acceptors (Lipinski definition) is 5. The van der Waals surface area contributed by atoms with E-state index in [4.69, 9.17) is 16.3 Å². The van der Waals surface area contributed by atoms with E-state index in [1.54, 1.807) is 41.4 Å². The van der Waals surface area contributed by atoms with E-state index in [9.17, 15) is 14.0 Å². The van der Waals surface area contributed by atoms with Crippen molar-refractivity contribution >= 4 is 39.9 Å². The molecular formula is C23H21ClFN3O3. The molecule has 0 aliphatic carbocycles. The molecule has 0 radical (unpaired) electrons. The van der Waals surface area contributed by atoms with Crippen LogP contribution in [0.3, 0.4) is 0 Å². The Labute approximate surface area is 184 Å². The second kappa shape index (κ2) is 8.89. The van der Waals surface area contributed by atoms with Crippen LogP contribution >= 0.6 is 11.6 Å². The molecule has 31 heavy (non-hydrogen) atoms. The highest BCUT2D eigenvalue weighted by Gasteiger charge is 2.23. The number of amides is 1. The lowest BCUT2D eigenvalue weighted by atomic mass is 10.1. The largest absolute Gasteiger partial charge is 0.481 e. The van der Waals surface area contributed by atoms with Crippen molar-refractivity contribution in [2.24, 2.45) is 0 Å². The summed E-state index contributed by atoms with van der Waals surface area (Å²) in [5.74, 6) is -0.256. The van der Waals surface area contributed by atoms with Crippen molar-refractivity contribution in [3.05, 3.63) is 65.1 Å². The Morgan fingerprint density at radius 3 is 2.61 bits per heavy atom. The van der Waals surface area contributed by atoms with Gasteiger partial charge in [-0.05, 0) is 49.4 Å². The summed E-state index contributed by atoms with van der Waals surface area (Å²) in [7, 11) is 0. The zero-order chi connectivity index (χ0) is 22.0. The second-order valence-corrected chi connectivity index (χ2v) is 7.73.